The monoisotopic (exact) mass is 377 g/mol. The lowest BCUT2D eigenvalue weighted by atomic mass is 10.2. The summed E-state index contributed by atoms with van der Waals surface area (Å²) in [4.78, 5) is 21.9. The first-order chi connectivity index (χ1) is 11.1. The van der Waals surface area contributed by atoms with E-state index >= 15 is 0 Å². The second-order valence-electron chi connectivity index (χ2n) is 4.36. The number of nitro benzene ring substituents is 1. The van der Waals surface area contributed by atoms with Crippen LogP contribution in [-0.4, -0.2) is 23.7 Å². The van der Waals surface area contributed by atoms with Gasteiger partial charge in [0.1, 0.15) is 5.75 Å². The summed E-state index contributed by atoms with van der Waals surface area (Å²) in [7, 11) is 0. The Labute approximate surface area is 140 Å². The number of halogens is 1. The van der Waals surface area contributed by atoms with Crippen LogP contribution in [0.3, 0.4) is 0 Å². The van der Waals surface area contributed by atoms with Crippen LogP contribution >= 0.6 is 15.9 Å². The SMILES string of the molecule is O=C(COc1cccc(Br)c1)N/N=C/c1ccccc1[N+](=O)[O-]. The van der Waals surface area contributed by atoms with Crippen molar-refractivity contribution in [3.63, 3.8) is 0 Å². The molecular weight excluding hydrogens is 366 g/mol. The van der Waals surface area contributed by atoms with E-state index in [1.54, 1.807) is 30.3 Å². The van der Waals surface area contributed by atoms with Crippen molar-refractivity contribution in [2.45, 2.75) is 0 Å². The molecule has 23 heavy (non-hydrogen) atoms. The number of para-hydroxylation sites is 1. The Morgan fingerprint density at radius 2 is 2.09 bits per heavy atom. The average molecular weight is 378 g/mol. The molecule has 0 aromatic heterocycles. The lowest BCUT2D eigenvalue weighted by Crippen LogP contribution is -2.24. The van der Waals surface area contributed by atoms with Gasteiger partial charge in [-0.25, -0.2) is 5.43 Å². The highest BCUT2D eigenvalue weighted by molar-refractivity contribution is 9.10. The third-order valence-electron chi connectivity index (χ3n) is 2.69. The van der Waals surface area contributed by atoms with Gasteiger partial charge in [-0.2, -0.15) is 5.10 Å². The third kappa shape index (κ3) is 5.19. The molecule has 2 rings (SSSR count). The fraction of sp³-hybridized carbons (Fsp3) is 0.0667. The van der Waals surface area contributed by atoms with Crippen LogP contribution in [0.4, 0.5) is 5.69 Å². The molecule has 0 aliphatic rings. The van der Waals surface area contributed by atoms with Gasteiger partial charge in [-0.05, 0) is 24.3 Å². The molecule has 0 heterocycles. The molecule has 0 bridgehead atoms. The fourth-order valence-electron chi connectivity index (χ4n) is 1.67. The van der Waals surface area contributed by atoms with Crippen LogP contribution in [0.2, 0.25) is 0 Å². The molecule has 0 radical (unpaired) electrons. The number of benzene rings is 2. The van der Waals surface area contributed by atoms with Crippen molar-refractivity contribution in [1.29, 1.82) is 0 Å². The Morgan fingerprint density at radius 1 is 1.30 bits per heavy atom. The fourth-order valence-corrected chi connectivity index (χ4v) is 2.05. The van der Waals surface area contributed by atoms with E-state index in [-0.39, 0.29) is 12.3 Å². The number of amides is 1. The van der Waals surface area contributed by atoms with Gasteiger partial charge < -0.3 is 4.74 Å². The van der Waals surface area contributed by atoms with E-state index in [2.05, 4.69) is 26.5 Å². The second kappa shape index (κ2) is 8.04. The maximum Gasteiger partial charge on any atom is 0.278 e. The molecule has 0 saturated carbocycles. The summed E-state index contributed by atoms with van der Waals surface area (Å²) in [5.41, 5.74) is 2.46. The van der Waals surface area contributed by atoms with Crippen LogP contribution in [0.25, 0.3) is 0 Å². The van der Waals surface area contributed by atoms with Crippen LogP contribution in [-0.2, 0) is 4.79 Å². The van der Waals surface area contributed by atoms with E-state index in [0.29, 0.717) is 11.3 Å². The number of ether oxygens (including phenoxy) is 1. The van der Waals surface area contributed by atoms with Crippen LogP contribution in [0.5, 0.6) is 5.75 Å². The van der Waals surface area contributed by atoms with E-state index in [4.69, 9.17) is 4.74 Å². The average Bonchev–Trinajstić information content (AvgIpc) is 2.53. The number of rotatable bonds is 6. The zero-order valence-corrected chi connectivity index (χ0v) is 13.4. The first-order valence-electron chi connectivity index (χ1n) is 6.50. The molecule has 2 aromatic rings. The molecular formula is C15H12BrN3O4. The highest BCUT2D eigenvalue weighted by Crippen LogP contribution is 2.17. The lowest BCUT2D eigenvalue weighted by molar-refractivity contribution is -0.385. The summed E-state index contributed by atoms with van der Waals surface area (Å²) in [6, 6.07) is 13.2. The Bertz CT molecular complexity index is 749. The molecule has 1 N–H and O–H groups in total. The van der Waals surface area contributed by atoms with Crippen molar-refractivity contribution in [2.75, 3.05) is 6.61 Å². The number of nitro groups is 1. The van der Waals surface area contributed by atoms with Gasteiger partial charge in [0.25, 0.3) is 11.6 Å². The van der Waals surface area contributed by atoms with Crippen LogP contribution < -0.4 is 10.2 Å². The number of carbonyl (C=O) groups excluding carboxylic acids is 1. The number of nitrogens with zero attached hydrogens (tertiary/aromatic N) is 2. The topological polar surface area (TPSA) is 93.8 Å². The number of carbonyl (C=O) groups is 1. The summed E-state index contributed by atoms with van der Waals surface area (Å²) in [6.45, 7) is -0.218. The Morgan fingerprint density at radius 3 is 2.83 bits per heavy atom. The standard InChI is InChI=1S/C15H12BrN3O4/c16-12-5-3-6-13(8-12)23-10-15(20)18-17-9-11-4-1-2-7-14(11)19(21)22/h1-9H,10H2,(H,18,20)/b17-9+. The Kier molecular flexibility index (Phi) is 5.81. The van der Waals surface area contributed by atoms with Crippen molar-refractivity contribution in [1.82, 2.24) is 5.43 Å². The molecule has 0 atom stereocenters. The number of hydrazone groups is 1. The van der Waals surface area contributed by atoms with Crippen molar-refractivity contribution in [3.05, 3.63) is 68.7 Å². The van der Waals surface area contributed by atoms with Crippen molar-refractivity contribution >= 4 is 33.7 Å². The maximum absolute atomic E-state index is 11.6. The maximum atomic E-state index is 11.6. The molecule has 0 aliphatic carbocycles. The minimum Gasteiger partial charge on any atom is -0.484 e. The predicted molar refractivity (Wildman–Crippen MR) is 88.5 cm³/mol. The summed E-state index contributed by atoms with van der Waals surface area (Å²) in [5.74, 6) is 0.0667. The van der Waals surface area contributed by atoms with E-state index in [9.17, 15) is 14.9 Å². The van der Waals surface area contributed by atoms with E-state index in [1.807, 2.05) is 6.07 Å². The highest BCUT2D eigenvalue weighted by atomic mass is 79.9. The summed E-state index contributed by atoms with van der Waals surface area (Å²) >= 11 is 3.30. The van der Waals surface area contributed by atoms with Gasteiger partial charge in [-0.3, -0.25) is 14.9 Å². The second-order valence-corrected chi connectivity index (χ2v) is 5.27. The largest absolute Gasteiger partial charge is 0.484 e. The molecule has 8 heteroatoms. The lowest BCUT2D eigenvalue weighted by Gasteiger charge is -2.05. The summed E-state index contributed by atoms with van der Waals surface area (Å²) in [5, 5.41) is 14.5. The quantitative estimate of drug-likeness (QED) is 0.475. The third-order valence-corrected chi connectivity index (χ3v) is 3.19. The normalized spacial score (nSPS) is 10.5. The highest BCUT2D eigenvalue weighted by Gasteiger charge is 2.10. The first kappa shape index (κ1) is 16.6. The van der Waals surface area contributed by atoms with Crippen LogP contribution in [0, 0.1) is 10.1 Å². The van der Waals surface area contributed by atoms with E-state index in [1.165, 1.54) is 18.3 Å². The molecule has 0 fully saturated rings. The van der Waals surface area contributed by atoms with Crippen LogP contribution in [0.1, 0.15) is 5.56 Å². The Hall–Kier alpha value is -2.74. The van der Waals surface area contributed by atoms with Crippen molar-refractivity contribution in [2.24, 2.45) is 5.10 Å². The minimum absolute atomic E-state index is 0.0871. The molecule has 0 aliphatic heterocycles. The smallest absolute Gasteiger partial charge is 0.278 e. The van der Waals surface area contributed by atoms with E-state index < -0.39 is 10.8 Å². The molecule has 1 amide bonds. The summed E-state index contributed by atoms with van der Waals surface area (Å²) in [6.07, 6.45) is 1.22. The molecule has 0 spiro atoms. The zero-order valence-electron chi connectivity index (χ0n) is 11.8. The molecule has 0 saturated heterocycles. The molecule has 0 unspecified atom stereocenters. The van der Waals surface area contributed by atoms with Gasteiger partial charge in [-0.15, -0.1) is 0 Å². The zero-order chi connectivity index (χ0) is 16.7. The predicted octanol–water partition coefficient (Wildman–Crippen LogP) is 2.89. The van der Waals surface area contributed by atoms with Gasteiger partial charge in [0.15, 0.2) is 6.61 Å². The van der Waals surface area contributed by atoms with Gasteiger partial charge in [0.05, 0.1) is 16.7 Å². The van der Waals surface area contributed by atoms with Crippen molar-refractivity contribution in [3.8, 4) is 5.75 Å². The number of hydrogen-bond donors (Lipinski definition) is 1. The molecule has 2 aromatic carbocycles. The molecule has 7 nitrogen and oxygen atoms in total. The summed E-state index contributed by atoms with van der Waals surface area (Å²) < 4.78 is 6.13. The van der Waals surface area contributed by atoms with E-state index in [0.717, 1.165) is 4.47 Å². The number of nitrogens with one attached hydrogen (secondary N) is 1. The minimum atomic E-state index is -0.514. The van der Waals surface area contributed by atoms with Gasteiger partial charge in [0.2, 0.25) is 0 Å². The van der Waals surface area contributed by atoms with Crippen molar-refractivity contribution < 1.29 is 14.5 Å². The molecule has 118 valence electrons. The van der Waals surface area contributed by atoms with Gasteiger partial charge in [-0.1, -0.05) is 34.1 Å². The van der Waals surface area contributed by atoms with Crippen LogP contribution in [0.15, 0.2) is 58.1 Å². The van der Waals surface area contributed by atoms with Gasteiger partial charge >= 0.3 is 0 Å². The van der Waals surface area contributed by atoms with Gasteiger partial charge in [0, 0.05) is 10.5 Å². The Balaban J connectivity index is 1.88. The first-order valence-corrected chi connectivity index (χ1v) is 7.29. The number of hydrogen-bond acceptors (Lipinski definition) is 5.